The van der Waals surface area contributed by atoms with Gasteiger partial charge in [-0.2, -0.15) is 0 Å². The highest BCUT2D eigenvalue weighted by atomic mass is 16.5. The van der Waals surface area contributed by atoms with Crippen LogP contribution in [0.1, 0.15) is 36.0 Å². The number of carbonyl (C=O) groups excluding carboxylic acids is 2. The van der Waals surface area contributed by atoms with Crippen molar-refractivity contribution in [3.63, 3.8) is 0 Å². The van der Waals surface area contributed by atoms with E-state index in [1.54, 1.807) is 24.3 Å². The maximum absolute atomic E-state index is 12.7. The van der Waals surface area contributed by atoms with E-state index < -0.39 is 11.9 Å². The Hall–Kier alpha value is -3.59. The SMILES string of the molecule is O=C(COc1ccccc1)Nc1ccc(N2CCN(CC(=O)N3CCCCCC3)CC2)cc1C(=O)O. The molecular weight excluding hydrogens is 460 g/mol. The standard InChI is InChI=1S/C27H34N4O5/c32-25(20-36-22-8-4-3-5-9-22)28-24-11-10-21(18-23(24)27(34)35)30-16-14-29(15-17-30)19-26(33)31-12-6-1-2-7-13-31/h3-5,8-11,18H,1-2,6-7,12-17,19-20H2,(H,28,32)(H,34,35). The van der Waals surface area contributed by atoms with Gasteiger partial charge in [0.15, 0.2) is 6.61 Å². The third kappa shape index (κ3) is 6.97. The summed E-state index contributed by atoms with van der Waals surface area (Å²) in [4.78, 5) is 43.2. The molecule has 2 aliphatic rings. The Morgan fingerprint density at radius 2 is 1.56 bits per heavy atom. The summed E-state index contributed by atoms with van der Waals surface area (Å²) in [5.74, 6) is -0.779. The van der Waals surface area contributed by atoms with Crippen LogP contribution >= 0.6 is 0 Å². The van der Waals surface area contributed by atoms with Crippen LogP contribution in [-0.4, -0.2) is 85.1 Å². The molecule has 4 rings (SSSR count). The predicted octanol–water partition coefficient (Wildman–Crippen LogP) is 2.93. The Labute approximate surface area is 211 Å². The Bertz CT molecular complexity index is 1050. The number of benzene rings is 2. The van der Waals surface area contributed by atoms with Gasteiger partial charge < -0.3 is 25.0 Å². The van der Waals surface area contributed by atoms with Gasteiger partial charge in [0.2, 0.25) is 5.91 Å². The van der Waals surface area contributed by atoms with Crippen molar-refractivity contribution in [2.24, 2.45) is 0 Å². The number of ether oxygens (including phenoxy) is 1. The van der Waals surface area contributed by atoms with E-state index in [9.17, 15) is 19.5 Å². The van der Waals surface area contributed by atoms with Crippen molar-refractivity contribution in [3.8, 4) is 5.75 Å². The number of carboxylic acids is 1. The molecule has 2 aromatic carbocycles. The Morgan fingerprint density at radius 1 is 0.861 bits per heavy atom. The topological polar surface area (TPSA) is 102 Å². The van der Waals surface area contributed by atoms with Gasteiger partial charge in [-0.1, -0.05) is 31.0 Å². The van der Waals surface area contributed by atoms with Crippen LogP contribution in [0.25, 0.3) is 0 Å². The van der Waals surface area contributed by atoms with Gasteiger partial charge >= 0.3 is 5.97 Å². The number of carboxylic acid groups (broad SMARTS) is 1. The Kier molecular flexibility index (Phi) is 8.78. The van der Waals surface area contributed by atoms with Gasteiger partial charge in [-0.3, -0.25) is 14.5 Å². The summed E-state index contributed by atoms with van der Waals surface area (Å²) in [5, 5.41) is 12.4. The molecule has 0 atom stereocenters. The maximum atomic E-state index is 12.7. The summed E-state index contributed by atoms with van der Waals surface area (Å²) >= 11 is 0. The molecule has 9 heteroatoms. The Balaban J connectivity index is 1.31. The van der Waals surface area contributed by atoms with E-state index in [1.807, 2.05) is 29.2 Å². The van der Waals surface area contributed by atoms with E-state index in [0.717, 1.165) is 44.7 Å². The van der Waals surface area contributed by atoms with E-state index in [-0.39, 0.29) is 23.8 Å². The molecule has 2 amide bonds. The maximum Gasteiger partial charge on any atom is 0.337 e. The number of amides is 2. The van der Waals surface area contributed by atoms with E-state index >= 15 is 0 Å². The van der Waals surface area contributed by atoms with Crippen molar-refractivity contribution in [2.45, 2.75) is 25.7 Å². The average molecular weight is 495 g/mol. The number of anilines is 2. The van der Waals surface area contributed by atoms with Gasteiger partial charge in [0.05, 0.1) is 17.8 Å². The number of hydrogen-bond donors (Lipinski definition) is 2. The van der Waals surface area contributed by atoms with Crippen molar-refractivity contribution in [1.29, 1.82) is 0 Å². The quantitative estimate of drug-likeness (QED) is 0.582. The van der Waals surface area contributed by atoms with Crippen LogP contribution < -0.4 is 15.0 Å². The zero-order chi connectivity index (χ0) is 25.3. The molecule has 2 aliphatic heterocycles. The van der Waals surface area contributed by atoms with Crippen LogP contribution in [0.3, 0.4) is 0 Å². The second-order valence-electron chi connectivity index (χ2n) is 9.24. The first kappa shape index (κ1) is 25.5. The average Bonchev–Trinajstić information content (AvgIpc) is 3.19. The fraction of sp³-hybridized carbons (Fsp3) is 0.444. The van der Waals surface area contributed by atoms with Crippen molar-refractivity contribution < 1.29 is 24.2 Å². The number of hydrogen-bond acceptors (Lipinski definition) is 6. The van der Waals surface area contributed by atoms with E-state index in [0.29, 0.717) is 25.4 Å². The molecule has 0 unspecified atom stereocenters. The summed E-state index contributed by atoms with van der Waals surface area (Å²) in [6, 6.07) is 14.0. The lowest BCUT2D eigenvalue weighted by Gasteiger charge is -2.36. The highest BCUT2D eigenvalue weighted by Gasteiger charge is 2.24. The third-order valence-electron chi connectivity index (χ3n) is 6.68. The summed E-state index contributed by atoms with van der Waals surface area (Å²) in [6.45, 7) is 4.80. The number of aromatic carboxylic acids is 1. The molecule has 2 N–H and O–H groups in total. The molecule has 2 aromatic rings. The lowest BCUT2D eigenvalue weighted by molar-refractivity contribution is -0.132. The number of carbonyl (C=O) groups is 3. The summed E-state index contributed by atoms with van der Waals surface area (Å²) in [5.41, 5.74) is 1.04. The first-order valence-electron chi connectivity index (χ1n) is 12.6. The molecule has 0 aromatic heterocycles. The number of likely N-dealkylation sites (tertiary alicyclic amines) is 1. The number of nitrogens with zero attached hydrogens (tertiary/aromatic N) is 3. The van der Waals surface area contributed by atoms with E-state index in [2.05, 4.69) is 15.1 Å². The van der Waals surface area contributed by atoms with Gasteiger partial charge in [-0.15, -0.1) is 0 Å². The third-order valence-corrected chi connectivity index (χ3v) is 6.68. The molecule has 2 fully saturated rings. The van der Waals surface area contributed by atoms with Crippen LogP contribution in [0.4, 0.5) is 11.4 Å². The van der Waals surface area contributed by atoms with Crippen LogP contribution in [-0.2, 0) is 9.59 Å². The van der Waals surface area contributed by atoms with Gasteiger partial charge in [0, 0.05) is 45.0 Å². The normalized spacial score (nSPS) is 16.8. The second kappa shape index (κ2) is 12.4. The van der Waals surface area contributed by atoms with Crippen molar-refractivity contribution >= 4 is 29.2 Å². The molecule has 2 heterocycles. The Morgan fingerprint density at radius 3 is 2.22 bits per heavy atom. The molecule has 2 saturated heterocycles. The summed E-state index contributed by atoms with van der Waals surface area (Å²) in [6.07, 6.45) is 4.57. The predicted molar refractivity (Wildman–Crippen MR) is 138 cm³/mol. The minimum atomic E-state index is -1.11. The van der Waals surface area contributed by atoms with Crippen molar-refractivity contribution in [2.75, 3.05) is 62.6 Å². The number of rotatable bonds is 8. The lowest BCUT2D eigenvalue weighted by atomic mass is 10.1. The summed E-state index contributed by atoms with van der Waals surface area (Å²) in [7, 11) is 0. The minimum absolute atomic E-state index is 0.0272. The van der Waals surface area contributed by atoms with Crippen LogP contribution in [0.5, 0.6) is 5.75 Å². The largest absolute Gasteiger partial charge is 0.484 e. The smallest absolute Gasteiger partial charge is 0.337 e. The van der Waals surface area contributed by atoms with Crippen molar-refractivity contribution in [3.05, 3.63) is 54.1 Å². The lowest BCUT2D eigenvalue weighted by Crippen LogP contribution is -2.50. The zero-order valence-electron chi connectivity index (χ0n) is 20.5. The molecule has 0 aliphatic carbocycles. The second-order valence-corrected chi connectivity index (χ2v) is 9.24. The first-order valence-corrected chi connectivity index (χ1v) is 12.6. The van der Waals surface area contributed by atoms with E-state index in [1.165, 1.54) is 12.8 Å². The monoisotopic (exact) mass is 494 g/mol. The van der Waals surface area contributed by atoms with Gasteiger partial charge in [0.25, 0.3) is 5.91 Å². The van der Waals surface area contributed by atoms with Gasteiger partial charge in [-0.25, -0.2) is 4.79 Å². The zero-order valence-corrected chi connectivity index (χ0v) is 20.5. The first-order chi connectivity index (χ1) is 17.5. The van der Waals surface area contributed by atoms with Crippen LogP contribution in [0.2, 0.25) is 0 Å². The molecule has 0 bridgehead atoms. The van der Waals surface area contributed by atoms with Crippen LogP contribution in [0, 0.1) is 0 Å². The minimum Gasteiger partial charge on any atom is -0.484 e. The summed E-state index contributed by atoms with van der Waals surface area (Å²) < 4.78 is 5.44. The highest BCUT2D eigenvalue weighted by molar-refractivity contribution is 6.01. The van der Waals surface area contributed by atoms with Gasteiger partial charge in [-0.05, 0) is 43.2 Å². The molecule has 0 saturated carbocycles. The van der Waals surface area contributed by atoms with Gasteiger partial charge in [0.1, 0.15) is 5.75 Å². The molecule has 9 nitrogen and oxygen atoms in total. The molecular formula is C27H34N4O5. The van der Waals surface area contributed by atoms with Crippen molar-refractivity contribution in [1.82, 2.24) is 9.80 Å². The molecule has 36 heavy (non-hydrogen) atoms. The molecule has 192 valence electrons. The van der Waals surface area contributed by atoms with E-state index in [4.69, 9.17) is 4.74 Å². The number of piperazine rings is 1. The fourth-order valence-corrected chi connectivity index (χ4v) is 4.64. The molecule has 0 spiro atoms. The molecule has 0 radical (unpaired) electrons. The highest BCUT2D eigenvalue weighted by Crippen LogP contribution is 2.25. The fourth-order valence-electron chi connectivity index (χ4n) is 4.64. The number of nitrogens with one attached hydrogen (secondary N) is 1. The number of para-hydroxylation sites is 1. The van der Waals surface area contributed by atoms with Crippen LogP contribution in [0.15, 0.2) is 48.5 Å².